The summed E-state index contributed by atoms with van der Waals surface area (Å²) in [5.74, 6) is 0.805. The molecule has 0 aliphatic heterocycles. The molecule has 4 nitrogen and oxygen atoms in total. The van der Waals surface area contributed by atoms with Crippen LogP contribution in [0.25, 0.3) is 0 Å². The third-order valence-corrected chi connectivity index (χ3v) is 3.87. The van der Waals surface area contributed by atoms with Gasteiger partial charge in [0.25, 0.3) is 0 Å². The third kappa shape index (κ3) is 2.22. The molecule has 2 unspecified atom stereocenters. The second-order valence-electron chi connectivity index (χ2n) is 5.13. The molecular weight excluding hydrogens is 216 g/mol. The van der Waals surface area contributed by atoms with Gasteiger partial charge in [-0.15, -0.1) is 0 Å². The third-order valence-electron chi connectivity index (χ3n) is 3.87. The fourth-order valence-electron chi connectivity index (χ4n) is 2.45. The Hall–Kier alpha value is -1.29. The van der Waals surface area contributed by atoms with Crippen molar-refractivity contribution in [3.8, 4) is 0 Å². The molecule has 1 aliphatic carbocycles. The van der Waals surface area contributed by atoms with Crippen LogP contribution in [0.4, 0.5) is 0 Å². The molecule has 1 heterocycles. The summed E-state index contributed by atoms with van der Waals surface area (Å²) in [6, 6.07) is 3.54. The Morgan fingerprint density at radius 3 is 3.00 bits per heavy atom. The van der Waals surface area contributed by atoms with Gasteiger partial charge in [-0.2, -0.15) is 0 Å². The summed E-state index contributed by atoms with van der Waals surface area (Å²) in [6.07, 6.45) is 4.44. The first-order valence-corrected chi connectivity index (χ1v) is 6.14. The van der Waals surface area contributed by atoms with Gasteiger partial charge in [0.05, 0.1) is 17.7 Å². The monoisotopic (exact) mass is 236 g/mol. The minimum Gasteiger partial charge on any atom is -0.467 e. The standard InChI is InChI=1S/C13H20N2O2/c1-9(10-5-4-8-17-10)15-12(16)13(2)7-3-6-11(13)14/h4-5,8-9,11H,3,6-7,14H2,1-2H3,(H,15,16)/t9-,11?,13?/m0/s1. The van der Waals surface area contributed by atoms with Gasteiger partial charge >= 0.3 is 0 Å². The quantitative estimate of drug-likeness (QED) is 0.843. The maximum absolute atomic E-state index is 12.3. The SMILES string of the molecule is C[C@H](NC(=O)C1(C)CCCC1N)c1ccco1. The molecule has 1 aliphatic rings. The van der Waals surface area contributed by atoms with Crippen LogP contribution in [0.15, 0.2) is 22.8 Å². The van der Waals surface area contributed by atoms with E-state index in [1.165, 1.54) is 0 Å². The second kappa shape index (κ2) is 4.53. The largest absolute Gasteiger partial charge is 0.467 e. The maximum Gasteiger partial charge on any atom is 0.228 e. The van der Waals surface area contributed by atoms with Crippen molar-refractivity contribution in [3.63, 3.8) is 0 Å². The van der Waals surface area contributed by atoms with Crippen LogP contribution in [0.2, 0.25) is 0 Å². The highest BCUT2D eigenvalue weighted by Gasteiger charge is 2.43. The van der Waals surface area contributed by atoms with Crippen LogP contribution in [0, 0.1) is 5.41 Å². The molecule has 17 heavy (non-hydrogen) atoms. The molecule has 0 saturated heterocycles. The topological polar surface area (TPSA) is 68.3 Å². The zero-order valence-electron chi connectivity index (χ0n) is 10.4. The first-order chi connectivity index (χ1) is 8.04. The van der Waals surface area contributed by atoms with Gasteiger partial charge in [-0.25, -0.2) is 0 Å². The van der Waals surface area contributed by atoms with E-state index in [-0.39, 0.29) is 18.0 Å². The molecule has 0 spiro atoms. The fraction of sp³-hybridized carbons (Fsp3) is 0.615. The zero-order chi connectivity index (χ0) is 12.5. The molecule has 0 aromatic carbocycles. The van der Waals surface area contributed by atoms with E-state index in [9.17, 15) is 4.79 Å². The lowest BCUT2D eigenvalue weighted by Gasteiger charge is -2.28. The van der Waals surface area contributed by atoms with E-state index < -0.39 is 5.41 Å². The van der Waals surface area contributed by atoms with Crippen molar-refractivity contribution in [3.05, 3.63) is 24.2 Å². The Balaban J connectivity index is 2.02. The van der Waals surface area contributed by atoms with Gasteiger partial charge in [-0.1, -0.05) is 6.42 Å². The van der Waals surface area contributed by atoms with Gasteiger partial charge in [0.1, 0.15) is 5.76 Å². The lowest BCUT2D eigenvalue weighted by molar-refractivity contribution is -0.131. The van der Waals surface area contributed by atoms with E-state index in [0.717, 1.165) is 25.0 Å². The van der Waals surface area contributed by atoms with Gasteiger partial charge in [0.15, 0.2) is 0 Å². The van der Waals surface area contributed by atoms with Crippen molar-refractivity contribution in [2.75, 3.05) is 0 Å². The number of hydrogen-bond acceptors (Lipinski definition) is 3. The average Bonchev–Trinajstić information content (AvgIpc) is 2.90. The predicted octanol–water partition coefficient (Wildman–Crippen LogP) is 1.97. The lowest BCUT2D eigenvalue weighted by atomic mass is 9.84. The van der Waals surface area contributed by atoms with Crippen LogP contribution in [-0.2, 0) is 4.79 Å². The minimum atomic E-state index is -0.430. The molecule has 1 amide bonds. The molecule has 3 atom stereocenters. The van der Waals surface area contributed by atoms with Gasteiger partial charge < -0.3 is 15.5 Å². The molecule has 94 valence electrons. The summed E-state index contributed by atoms with van der Waals surface area (Å²) in [5, 5.41) is 2.98. The molecule has 1 fully saturated rings. The number of furan rings is 1. The van der Waals surface area contributed by atoms with Crippen molar-refractivity contribution in [1.82, 2.24) is 5.32 Å². The van der Waals surface area contributed by atoms with Crippen molar-refractivity contribution in [2.24, 2.45) is 11.1 Å². The van der Waals surface area contributed by atoms with E-state index in [1.807, 2.05) is 26.0 Å². The van der Waals surface area contributed by atoms with Gasteiger partial charge in [0, 0.05) is 6.04 Å². The molecule has 1 aromatic heterocycles. The summed E-state index contributed by atoms with van der Waals surface area (Å²) in [7, 11) is 0. The molecule has 0 bridgehead atoms. The Morgan fingerprint density at radius 2 is 2.47 bits per heavy atom. The number of amides is 1. The fourth-order valence-corrected chi connectivity index (χ4v) is 2.45. The zero-order valence-corrected chi connectivity index (χ0v) is 10.4. The van der Waals surface area contributed by atoms with Crippen molar-refractivity contribution in [1.29, 1.82) is 0 Å². The lowest BCUT2D eigenvalue weighted by Crippen LogP contribution is -2.47. The molecule has 4 heteroatoms. The van der Waals surface area contributed by atoms with Crippen molar-refractivity contribution in [2.45, 2.75) is 45.2 Å². The van der Waals surface area contributed by atoms with E-state index in [4.69, 9.17) is 10.2 Å². The normalized spacial score (nSPS) is 30.2. The Labute approximate surface area is 102 Å². The number of rotatable bonds is 3. The summed E-state index contributed by atoms with van der Waals surface area (Å²) in [4.78, 5) is 12.3. The minimum absolute atomic E-state index is 0.0337. The smallest absolute Gasteiger partial charge is 0.228 e. The maximum atomic E-state index is 12.3. The van der Waals surface area contributed by atoms with Gasteiger partial charge in [0.2, 0.25) is 5.91 Å². The highest BCUT2D eigenvalue weighted by molar-refractivity contribution is 5.83. The number of carbonyl (C=O) groups is 1. The van der Waals surface area contributed by atoms with Crippen LogP contribution < -0.4 is 11.1 Å². The van der Waals surface area contributed by atoms with E-state index in [1.54, 1.807) is 6.26 Å². The molecule has 2 rings (SSSR count). The Morgan fingerprint density at radius 1 is 1.71 bits per heavy atom. The number of hydrogen-bond donors (Lipinski definition) is 2. The Bertz CT molecular complexity index is 388. The molecule has 3 N–H and O–H groups in total. The summed E-state index contributed by atoms with van der Waals surface area (Å²) in [6.45, 7) is 3.87. The number of nitrogens with one attached hydrogen (secondary N) is 1. The summed E-state index contributed by atoms with van der Waals surface area (Å²) < 4.78 is 5.27. The second-order valence-corrected chi connectivity index (χ2v) is 5.13. The van der Waals surface area contributed by atoms with E-state index in [2.05, 4.69) is 5.32 Å². The molecule has 1 aromatic rings. The van der Waals surface area contributed by atoms with Crippen LogP contribution in [0.1, 0.15) is 44.9 Å². The number of nitrogens with two attached hydrogens (primary N) is 1. The summed E-state index contributed by atoms with van der Waals surface area (Å²) >= 11 is 0. The molecule has 0 radical (unpaired) electrons. The highest BCUT2D eigenvalue weighted by atomic mass is 16.3. The van der Waals surface area contributed by atoms with Crippen molar-refractivity contribution < 1.29 is 9.21 Å². The molecular formula is C13H20N2O2. The number of carbonyl (C=O) groups excluding carboxylic acids is 1. The van der Waals surface area contributed by atoms with Crippen LogP contribution in [0.5, 0.6) is 0 Å². The van der Waals surface area contributed by atoms with E-state index >= 15 is 0 Å². The van der Waals surface area contributed by atoms with Crippen LogP contribution >= 0.6 is 0 Å². The first-order valence-electron chi connectivity index (χ1n) is 6.14. The van der Waals surface area contributed by atoms with Crippen molar-refractivity contribution >= 4 is 5.91 Å². The predicted molar refractivity (Wildman–Crippen MR) is 65.2 cm³/mol. The summed E-state index contributed by atoms with van der Waals surface area (Å²) in [5.41, 5.74) is 5.59. The Kier molecular flexibility index (Phi) is 3.24. The van der Waals surface area contributed by atoms with E-state index in [0.29, 0.717) is 0 Å². The van der Waals surface area contributed by atoms with Gasteiger partial charge in [-0.05, 0) is 38.8 Å². The highest BCUT2D eigenvalue weighted by Crippen LogP contribution is 2.37. The average molecular weight is 236 g/mol. The van der Waals surface area contributed by atoms with Crippen LogP contribution in [0.3, 0.4) is 0 Å². The van der Waals surface area contributed by atoms with Gasteiger partial charge in [-0.3, -0.25) is 4.79 Å². The first kappa shape index (κ1) is 12.2. The van der Waals surface area contributed by atoms with Crippen LogP contribution in [-0.4, -0.2) is 11.9 Å². The molecule has 1 saturated carbocycles.